The van der Waals surface area contributed by atoms with E-state index < -0.39 is 6.10 Å². The molecule has 6 heteroatoms. The maximum Gasteiger partial charge on any atom is 0.306 e. The summed E-state index contributed by atoms with van der Waals surface area (Å²) in [6, 6.07) is 0. The summed E-state index contributed by atoms with van der Waals surface area (Å²) in [4.78, 5) is 38.2. The highest BCUT2D eigenvalue weighted by Gasteiger charge is 2.19. The van der Waals surface area contributed by atoms with E-state index in [1.54, 1.807) is 0 Å². The first-order valence-electron chi connectivity index (χ1n) is 30.6. The van der Waals surface area contributed by atoms with Crippen LogP contribution in [0.4, 0.5) is 0 Å². The fraction of sp³-hybridized carbons (Fsp3) is 0.563. The fourth-order valence-electron chi connectivity index (χ4n) is 7.74. The Morgan fingerprint density at radius 2 is 0.494 bits per heavy atom. The average molecular weight is 1060 g/mol. The summed E-state index contributed by atoms with van der Waals surface area (Å²) in [5.74, 6) is -1.04. The van der Waals surface area contributed by atoms with Gasteiger partial charge in [-0.05, 0) is 135 Å². The molecular formula is C71H110O6. The van der Waals surface area contributed by atoms with Crippen LogP contribution in [0.3, 0.4) is 0 Å². The van der Waals surface area contributed by atoms with Crippen molar-refractivity contribution in [3.63, 3.8) is 0 Å². The van der Waals surface area contributed by atoms with Gasteiger partial charge in [0.05, 0.1) is 0 Å². The number of ether oxygens (including phenoxy) is 3. The summed E-state index contributed by atoms with van der Waals surface area (Å²) < 4.78 is 16.8. The van der Waals surface area contributed by atoms with Gasteiger partial charge in [0.25, 0.3) is 0 Å². The van der Waals surface area contributed by atoms with Crippen molar-refractivity contribution >= 4 is 17.9 Å². The van der Waals surface area contributed by atoms with Crippen molar-refractivity contribution < 1.29 is 28.6 Å². The molecule has 0 N–H and O–H groups in total. The van der Waals surface area contributed by atoms with Gasteiger partial charge in [0, 0.05) is 19.3 Å². The van der Waals surface area contributed by atoms with Crippen molar-refractivity contribution in [2.75, 3.05) is 13.2 Å². The number of hydrogen-bond donors (Lipinski definition) is 0. The van der Waals surface area contributed by atoms with Gasteiger partial charge in [-0.3, -0.25) is 14.4 Å². The van der Waals surface area contributed by atoms with Gasteiger partial charge < -0.3 is 14.2 Å². The lowest BCUT2D eigenvalue weighted by Gasteiger charge is -2.18. The molecule has 0 aromatic carbocycles. The lowest BCUT2D eigenvalue weighted by atomic mass is 10.0. The summed E-state index contributed by atoms with van der Waals surface area (Å²) in [7, 11) is 0. The highest BCUT2D eigenvalue weighted by Crippen LogP contribution is 2.14. The van der Waals surface area contributed by atoms with Crippen LogP contribution in [0.5, 0.6) is 0 Å². The van der Waals surface area contributed by atoms with Gasteiger partial charge in [-0.1, -0.05) is 255 Å². The normalized spacial score (nSPS) is 13.3. The third-order valence-corrected chi connectivity index (χ3v) is 12.2. The minimum Gasteiger partial charge on any atom is -0.462 e. The van der Waals surface area contributed by atoms with Crippen LogP contribution in [-0.4, -0.2) is 37.2 Å². The van der Waals surface area contributed by atoms with E-state index in [0.717, 1.165) is 148 Å². The van der Waals surface area contributed by atoms with Crippen LogP contribution < -0.4 is 0 Å². The minimum atomic E-state index is -0.830. The zero-order chi connectivity index (χ0) is 55.7. The molecule has 0 saturated heterocycles. The van der Waals surface area contributed by atoms with Gasteiger partial charge in [-0.15, -0.1) is 0 Å². The van der Waals surface area contributed by atoms with Crippen LogP contribution in [0.1, 0.15) is 239 Å². The van der Waals surface area contributed by atoms with E-state index in [1.165, 1.54) is 44.9 Å². The Kier molecular flexibility index (Phi) is 59.0. The van der Waals surface area contributed by atoms with Crippen molar-refractivity contribution in [1.82, 2.24) is 0 Å². The monoisotopic (exact) mass is 1060 g/mol. The van der Waals surface area contributed by atoms with E-state index in [4.69, 9.17) is 14.2 Å². The Morgan fingerprint density at radius 1 is 0.260 bits per heavy atom. The van der Waals surface area contributed by atoms with Crippen LogP contribution in [0.25, 0.3) is 0 Å². The van der Waals surface area contributed by atoms with Gasteiger partial charge in [0.15, 0.2) is 6.10 Å². The van der Waals surface area contributed by atoms with E-state index in [0.29, 0.717) is 19.3 Å². The maximum atomic E-state index is 12.9. The van der Waals surface area contributed by atoms with Crippen molar-refractivity contribution in [2.45, 2.75) is 245 Å². The average Bonchev–Trinajstić information content (AvgIpc) is 3.43. The molecule has 0 fully saturated rings. The molecule has 0 rings (SSSR count). The molecule has 0 aromatic heterocycles. The highest BCUT2D eigenvalue weighted by molar-refractivity contribution is 5.71. The maximum absolute atomic E-state index is 12.9. The summed E-state index contributed by atoms with van der Waals surface area (Å²) in [6.07, 6.45) is 93.7. The molecule has 0 heterocycles. The minimum absolute atomic E-state index is 0.123. The standard InChI is InChI=1S/C71H110O6/c1-4-7-10-13-16-19-22-25-27-29-31-33-35-37-39-41-43-46-49-52-55-58-61-64-70(73)76-67-68(66-75-69(72)63-60-57-54-51-48-45-24-21-18-15-12-9-6-3)77-71(74)65-62-59-56-53-50-47-44-42-40-38-36-34-32-30-28-26-23-20-17-14-11-8-5-2/h7-12,16-21,25-28,31-34,37,39,43,45-46,48,54,57,68H,4-6,13-15,22-24,29-30,35-36,38,40-42,44,47,49-53,55-56,58-67H2,1-3H3/b10-7-,11-8-,12-9-,19-16-,20-17-,21-18-,27-25-,28-26-,33-31-,34-32-,39-37-,46-43-,48-45-,57-54-. The second-order valence-corrected chi connectivity index (χ2v) is 19.5. The van der Waals surface area contributed by atoms with E-state index in [9.17, 15) is 14.4 Å². The third-order valence-electron chi connectivity index (χ3n) is 12.2. The van der Waals surface area contributed by atoms with Gasteiger partial charge in [-0.2, -0.15) is 0 Å². The zero-order valence-electron chi connectivity index (χ0n) is 49.1. The van der Waals surface area contributed by atoms with Crippen molar-refractivity contribution in [3.05, 3.63) is 170 Å². The first-order valence-corrected chi connectivity index (χ1v) is 30.6. The first kappa shape index (κ1) is 71.8. The number of hydrogen-bond acceptors (Lipinski definition) is 6. The number of carbonyl (C=O) groups is 3. The molecule has 0 amide bonds. The summed E-state index contributed by atoms with van der Waals surface area (Å²) >= 11 is 0. The molecule has 0 aromatic rings. The van der Waals surface area contributed by atoms with Crippen LogP contribution in [-0.2, 0) is 28.6 Å². The number of rotatable bonds is 53. The molecule has 0 radical (unpaired) electrons. The lowest BCUT2D eigenvalue weighted by Crippen LogP contribution is -2.30. The van der Waals surface area contributed by atoms with Crippen LogP contribution in [0.15, 0.2) is 170 Å². The Morgan fingerprint density at radius 3 is 0.805 bits per heavy atom. The van der Waals surface area contributed by atoms with E-state index in [1.807, 2.05) is 12.2 Å². The molecule has 430 valence electrons. The summed E-state index contributed by atoms with van der Waals surface area (Å²) in [5, 5.41) is 0. The molecule has 0 spiro atoms. The predicted octanol–water partition coefficient (Wildman–Crippen LogP) is 21.1. The zero-order valence-corrected chi connectivity index (χ0v) is 49.1. The molecule has 0 aliphatic rings. The smallest absolute Gasteiger partial charge is 0.306 e. The van der Waals surface area contributed by atoms with Crippen molar-refractivity contribution in [3.8, 4) is 0 Å². The van der Waals surface area contributed by atoms with Gasteiger partial charge in [0.2, 0.25) is 0 Å². The van der Waals surface area contributed by atoms with E-state index >= 15 is 0 Å². The van der Waals surface area contributed by atoms with E-state index in [2.05, 4.69) is 179 Å². The summed E-state index contributed by atoms with van der Waals surface area (Å²) in [6.45, 7) is 6.20. The fourth-order valence-corrected chi connectivity index (χ4v) is 7.74. The van der Waals surface area contributed by atoms with Crippen molar-refractivity contribution in [1.29, 1.82) is 0 Å². The van der Waals surface area contributed by atoms with Crippen molar-refractivity contribution in [2.24, 2.45) is 0 Å². The number of allylic oxidation sites excluding steroid dienone is 28. The van der Waals surface area contributed by atoms with Gasteiger partial charge in [-0.25, -0.2) is 0 Å². The lowest BCUT2D eigenvalue weighted by molar-refractivity contribution is -0.166. The molecule has 0 saturated carbocycles. The van der Waals surface area contributed by atoms with Gasteiger partial charge in [0.1, 0.15) is 13.2 Å². The predicted molar refractivity (Wildman–Crippen MR) is 334 cm³/mol. The Labute approximate surface area is 472 Å². The molecule has 1 atom stereocenters. The number of carbonyl (C=O) groups excluding carboxylic acids is 3. The number of esters is 3. The quantitative estimate of drug-likeness (QED) is 0.0261. The second-order valence-electron chi connectivity index (χ2n) is 19.5. The molecule has 0 bridgehead atoms. The topological polar surface area (TPSA) is 78.9 Å². The molecule has 1 unspecified atom stereocenters. The summed E-state index contributed by atoms with van der Waals surface area (Å²) in [5.41, 5.74) is 0. The Balaban J connectivity index is 4.49. The molecular weight excluding hydrogens is 949 g/mol. The Bertz CT molecular complexity index is 1790. The largest absolute Gasteiger partial charge is 0.462 e. The van der Waals surface area contributed by atoms with Crippen LogP contribution >= 0.6 is 0 Å². The van der Waals surface area contributed by atoms with Crippen LogP contribution in [0.2, 0.25) is 0 Å². The Hall–Kier alpha value is -5.23. The number of unbranched alkanes of at least 4 members (excludes halogenated alkanes) is 14. The first-order chi connectivity index (χ1) is 38.0. The van der Waals surface area contributed by atoms with Crippen LogP contribution in [0, 0.1) is 0 Å². The van der Waals surface area contributed by atoms with Gasteiger partial charge >= 0.3 is 17.9 Å². The molecule has 77 heavy (non-hydrogen) atoms. The third kappa shape index (κ3) is 61.5. The molecule has 0 aliphatic carbocycles. The van der Waals surface area contributed by atoms with E-state index in [-0.39, 0.29) is 37.5 Å². The molecule has 6 nitrogen and oxygen atoms in total. The SMILES string of the molecule is CC/C=C\C/C=C\C/C=C\C/C=C\C/C=C\C/C=C\CCCCCCC(=O)OCC(COC(=O)CC/C=C\C/C=C\C/C=C\C/C=C\CC)OC(=O)CCCCCCCCCCCC/C=C\C/C=C\C/C=C\C/C=C\CC. The molecule has 0 aliphatic heterocycles. The second kappa shape index (κ2) is 63.3. The highest BCUT2D eigenvalue weighted by atomic mass is 16.6.